The number of fused-ring (bicyclic) bond motifs is 1. The molecule has 0 heterocycles. The average Bonchev–Trinajstić information content (AvgIpc) is 2.44. The number of aliphatic hydroxyl groups excluding tert-OH is 1. The third-order valence-corrected chi connectivity index (χ3v) is 2.14. The molecular formula is C10H7FO2. The van der Waals surface area contributed by atoms with Crippen LogP contribution in [0.2, 0.25) is 0 Å². The minimum Gasteiger partial charge on any atom is -0.515 e. The second-order valence-corrected chi connectivity index (χ2v) is 2.96. The van der Waals surface area contributed by atoms with Crippen LogP contribution >= 0.6 is 0 Å². The molecule has 0 fully saturated rings. The van der Waals surface area contributed by atoms with Crippen LogP contribution in [0.15, 0.2) is 30.0 Å². The molecule has 2 rings (SSSR count). The van der Waals surface area contributed by atoms with Crippen molar-refractivity contribution in [2.75, 3.05) is 0 Å². The molecule has 0 aliphatic heterocycles. The standard InChI is InChI=1S/C10H7FO2/c11-8-2-1-6-3-7(5-12)10(13)9(6)4-8/h1-2,4-5,12H,3H2. The first-order valence-corrected chi connectivity index (χ1v) is 3.89. The maximum Gasteiger partial charge on any atom is 0.192 e. The molecular weight excluding hydrogens is 171 g/mol. The molecule has 0 amide bonds. The lowest BCUT2D eigenvalue weighted by molar-refractivity contribution is 0.103. The van der Waals surface area contributed by atoms with E-state index in [4.69, 9.17) is 5.11 Å². The summed E-state index contributed by atoms with van der Waals surface area (Å²) >= 11 is 0. The van der Waals surface area contributed by atoms with Crippen LogP contribution in [0.25, 0.3) is 0 Å². The van der Waals surface area contributed by atoms with Gasteiger partial charge in [0.05, 0.1) is 6.26 Å². The highest BCUT2D eigenvalue weighted by atomic mass is 19.1. The van der Waals surface area contributed by atoms with Crippen molar-refractivity contribution < 1.29 is 14.3 Å². The number of Topliss-reactive ketones (excluding diaryl/α,β-unsaturated/α-hetero) is 1. The Kier molecular flexibility index (Phi) is 1.65. The highest BCUT2D eigenvalue weighted by molar-refractivity contribution is 6.12. The Bertz CT molecular complexity index is 407. The van der Waals surface area contributed by atoms with Crippen LogP contribution in [-0.4, -0.2) is 10.9 Å². The number of carbonyl (C=O) groups is 1. The third kappa shape index (κ3) is 1.13. The molecule has 13 heavy (non-hydrogen) atoms. The molecule has 0 bridgehead atoms. The van der Waals surface area contributed by atoms with Crippen molar-refractivity contribution in [3.05, 3.63) is 47.0 Å². The molecule has 3 heteroatoms. The Balaban J connectivity index is 2.57. The van der Waals surface area contributed by atoms with Gasteiger partial charge in [-0.05, 0) is 17.7 Å². The molecule has 2 nitrogen and oxygen atoms in total. The van der Waals surface area contributed by atoms with Crippen LogP contribution < -0.4 is 0 Å². The minimum absolute atomic E-state index is 0.281. The maximum atomic E-state index is 12.7. The quantitative estimate of drug-likeness (QED) is 0.487. The summed E-state index contributed by atoms with van der Waals surface area (Å²) in [5.41, 5.74) is 1.45. The number of carbonyl (C=O) groups excluding carboxylic acids is 1. The number of halogens is 1. The van der Waals surface area contributed by atoms with Crippen LogP contribution in [-0.2, 0) is 6.42 Å². The van der Waals surface area contributed by atoms with E-state index in [-0.39, 0.29) is 5.78 Å². The SMILES string of the molecule is O=C1C(=CO)Cc2ccc(F)cc21. The highest BCUT2D eigenvalue weighted by Gasteiger charge is 2.24. The third-order valence-electron chi connectivity index (χ3n) is 2.14. The van der Waals surface area contributed by atoms with Gasteiger partial charge in [0, 0.05) is 17.6 Å². The molecule has 1 aromatic carbocycles. The van der Waals surface area contributed by atoms with Crippen LogP contribution in [0.4, 0.5) is 4.39 Å². The van der Waals surface area contributed by atoms with Crippen molar-refractivity contribution in [2.45, 2.75) is 6.42 Å². The molecule has 0 spiro atoms. The van der Waals surface area contributed by atoms with E-state index in [1.807, 2.05) is 0 Å². The first-order valence-electron chi connectivity index (χ1n) is 3.89. The zero-order valence-electron chi connectivity index (χ0n) is 6.75. The lowest BCUT2D eigenvalue weighted by atomic mass is 10.1. The smallest absolute Gasteiger partial charge is 0.192 e. The van der Waals surface area contributed by atoms with E-state index in [0.29, 0.717) is 17.6 Å². The Morgan fingerprint density at radius 2 is 2.23 bits per heavy atom. The van der Waals surface area contributed by atoms with Crippen molar-refractivity contribution in [1.29, 1.82) is 0 Å². The van der Waals surface area contributed by atoms with Crippen molar-refractivity contribution in [2.24, 2.45) is 0 Å². The van der Waals surface area contributed by atoms with Gasteiger partial charge < -0.3 is 5.11 Å². The van der Waals surface area contributed by atoms with Crippen molar-refractivity contribution >= 4 is 5.78 Å². The molecule has 1 N–H and O–H groups in total. The predicted octanol–water partition coefficient (Wildman–Crippen LogP) is 2.01. The van der Waals surface area contributed by atoms with Gasteiger partial charge in [0.15, 0.2) is 5.78 Å². The number of hydrogen-bond donors (Lipinski definition) is 1. The Morgan fingerprint density at radius 3 is 2.92 bits per heavy atom. The lowest BCUT2D eigenvalue weighted by Crippen LogP contribution is -1.95. The van der Waals surface area contributed by atoms with Gasteiger partial charge in [-0.25, -0.2) is 4.39 Å². The van der Waals surface area contributed by atoms with Gasteiger partial charge in [0.1, 0.15) is 5.82 Å². The predicted molar refractivity (Wildman–Crippen MR) is 45.1 cm³/mol. The summed E-state index contributed by atoms with van der Waals surface area (Å²) < 4.78 is 12.7. The van der Waals surface area contributed by atoms with Crippen molar-refractivity contribution in [3.8, 4) is 0 Å². The van der Waals surface area contributed by atoms with Crippen LogP contribution in [0.5, 0.6) is 0 Å². The van der Waals surface area contributed by atoms with Gasteiger partial charge >= 0.3 is 0 Å². The highest BCUT2D eigenvalue weighted by Crippen LogP contribution is 2.26. The van der Waals surface area contributed by atoms with Gasteiger partial charge in [-0.15, -0.1) is 0 Å². The lowest BCUT2D eigenvalue weighted by Gasteiger charge is -1.94. The topological polar surface area (TPSA) is 37.3 Å². The maximum absolute atomic E-state index is 12.7. The Labute approximate surface area is 74.3 Å². The van der Waals surface area contributed by atoms with Crippen molar-refractivity contribution in [3.63, 3.8) is 0 Å². The number of aliphatic hydroxyl groups is 1. The van der Waals surface area contributed by atoms with E-state index >= 15 is 0 Å². The van der Waals surface area contributed by atoms with Gasteiger partial charge in [-0.1, -0.05) is 6.07 Å². The molecule has 1 aromatic rings. The van der Waals surface area contributed by atoms with E-state index in [0.717, 1.165) is 11.8 Å². The normalized spacial score (nSPS) is 17.9. The number of hydrogen-bond acceptors (Lipinski definition) is 2. The van der Waals surface area contributed by atoms with Crippen LogP contribution in [0.1, 0.15) is 15.9 Å². The first-order chi connectivity index (χ1) is 6.22. The number of rotatable bonds is 0. The summed E-state index contributed by atoms with van der Waals surface area (Å²) in [5.74, 6) is -0.705. The molecule has 1 aliphatic rings. The van der Waals surface area contributed by atoms with Crippen molar-refractivity contribution in [1.82, 2.24) is 0 Å². The van der Waals surface area contributed by atoms with Gasteiger partial charge in [-0.3, -0.25) is 4.79 Å². The molecule has 0 atom stereocenters. The Hall–Kier alpha value is -1.64. The van der Waals surface area contributed by atoms with E-state index in [1.54, 1.807) is 6.07 Å². The second-order valence-electron chi connectivity index (χ2n) is 2.96. The zero-order chi connectivity index (χ0) is 9.42. The fourth-order valence-corrected chi connectivity index (χ4v) is 1.48. The van der Waals surface area contributed by atoms with Gasteiger partial charge in [0.2, 0.25) is 0 Å². The van der Waals surface area contributed by atoms with E-state index < -0.39 is 5.82 Å². The summed E-state index contributed by atoms with van der Waals surface area (Å²) in [5, 5.41) is 8.70. The fourth-order valence-electron chi connectivity index (χ4n) is 1.48. The number of benzene rings is 1. The number of allylic oxidation sites excluding steroid dienone is 1. The number of ketones is 1. The summed E-state index contributed by atoms with van der Waals surface area (Å²) in [6.45, 7) is 0. The van der Waals surface area contributed by atoms with Crippen LogP contribution in [0, 0.1) is 5.82 Å². The fraction of sp³-hybridized carbons (Fsp3) is 0.100. The van der Waals surface area contributed by atoms with E-state index in [1.165, 1.54) is 12.1 Å². The largest absolute Gasteiger partial charge is 0.515 e. The zero-order valence-corrected chi connectivity index (χ0v) is 6.75. The molecule has 0 saturated carbocycles. The summed E-state index contributed by atoms with van der Waals surface area (Å²) in [6, 6.07) is 4.08. The summed E-state index contributed by atoms with van der Waals surface area (Å²) in [7, 11) is 0. The molecule has 1 aliphatic carbocycles. The van der Waals surface area contributed by atoms with Gasteiger partial charge in [0.25, 0.3) is 0 Å². The first kappa shape index (κ1) is 7.98. The monoisotopic (exact) mass is 178 g/mol. The molecule has 0 unspecified atom stereocenters. The summed E-state index contributed by atoms with van der Waals surface area (Å²) in [6.07, 6.45) is 1.19. The molecule has 0 radical (unpaired) electrons. The second kappa shape index (κ2) is 2.69. The van der Waals surface area contributed by atoms with Gasteiger partial charge in [-0.2, -0.15) is 0 Å². The Morgan fingerprint density at radius 1 is 1.46 bits per heavy atom. The molecule has 66 valence electrons. The molecule has 0 aromatic heterocycles. The molecule has 0 saturated heterocycles. The van der Waals surface area contributed by atoms with E-state index in [2.05, 4.69) is 0 Å². The minimum atomic E-state index is -0.425. The van der Waals surface area contributed by atoms with E-state index in [9.17, 15) is 9.18 Å². The van der Waals surface area contributed by atoms with Crippen LogP contribution in [0.3, 0.4) is 0 Å². The summed E-state index contributed by atoms with van der Waals surface area (Å²) in [4.78, 5) is 11.4. The average molecular weight is 178 g/mol.